The monoisotopic (exact) mass is 284 g/mol. The molecule has 0 bridgehead atoms. The van der Waals surface area contributed by atoms with Gasteiger partial charge in [-0.3, -0.25) is 9.78 Å². The summed E-state index contributed by atoms with van der Waals surface area (Å²) in [5.41, 5.74) is 2.06. The summed E-state index contributed by atoms with van der Waals surface area (Å²) in [4.78, 5) is 24.5. The molecule has 6 heteroatoms. The molecule has 2 heterocycles. The summed E-state index contributed by atoms with van der Waals surface area (Å²) in [6.45, 7) is 2.23. The first-order chi connectivity index (χ1) is 9.72. The number of thiazole rings is 1. The number of rotatable bonds is 3. The predicted molar refractivity (Wildman–Crippen MR) is 77.6 cm³/mol. The Hall–Kier alpha value is -2.34. The number of aryl methyl sites for hydroxylation is 1. The lowest BCUT2D eigenvalue weighted by Crippen LogP contribution is -2.23. The maximum Gasteiger partial charge on any atom is 0.271 e. The number of hydrogen-bond donors (Lipinski definition) is 1. The van der Waals surface area contributed by atoms with E-state index >= 15 is 0 Å². The fraction of sp³-hybridized carbons (Fsp3) is 0.143. The molecule has 0 fully saturated rings. The quantitative estimate of drug-likeness (QED) is 0.801. The van der Waals surface area contributed by atoms with Crippen molar-refractivity contribution in [1.82, 2.24) is 20.3 Å². The molecule has 3 rings (SSSR count). The number of amides is 1. The third-order valence-corrected chi connectivity index (χ3v) is 3.79. The van der Waals surface area contributed by atoms with Gasteiger partial charge in [-0.2, -0.15) is 0 Å². The molecule has 20 heavy (non-hydrogen) atoms. The molecule has 2 aromatic heterocycles. The Kier molecular flexibility index (Phi) is 3.39. The Bertz CT molecular complexity index is 718. The van der Waals surface area contributed by atoms with Gasteiger partial charge in [0.1, 0.15) is 10.7 Å². The van der Waals surface area contributed by atoms with Gasteiger partial charge in [0.15, 0.2) is 0 Å². The van der Waals surface area contributed by atoms with Crippen LogP contribution in [0.25, 0.3) is 10.2 Å². The van der Waals surface area contributed by atoms with Gasteiger partial charge < -0.3 is 5.32 Å². The van der Waals surface area contributed by atoms with Crippen LogP contribution in [0, 0.1) is 6.92 Å². The summed E-state index contributed by atoms with van der Waals surface area (Å²) in [5.74, 6) is -0.239. The Morgan fingerprint density at radius 3 is 2.85 bits per heavy atom. The molecule has 0 unspecified atom stereocenters. The largest absolute Gasteiger partial charge is 0.344 e. The first-order valence-corrected chi connectivity index (χ1v) is 6.95. The molecule has 0 aliphatic heterocycles. The summed E-state index contributed by atoms with van der Waals surface area (Å²) in [5, 5.41) is 3.68. The normalized spacial score (nSPS) is 10.7. The van der Waals surface area contributed by atoms with Crippen LogP contribution >= 0.6 is 11.3 Å². The minimum absolute atomic E-state index is 0.239. The van der Waals surface area contributed by atoms with Crippen LogP contribution in [0.15, 0.2) is 36.7 Å². The average molecular weight is 284 g/mol. The van der Waals surface area contributed by atoms with Crippen molar-refractivity contribution >= 4 is 27.5 Å². The van der Waals surface area contributed by atoms with Gasteiger partial charge in [-0.05, 0) is 19.1 Å². The first-order valence-electron chi connectivity index (χ1n) is 6.14. The van der Waals surface area contributed by atoms with Gasteiger partial charge in [-0.1, -0.05) is 12.1 Å². The molecule has 1 N–H and O–H groups in total. The molecule has 0 saturated heterocycles. The van der Waals surface area contributed by atoms with E-state index in [-0.39, 0.29) is 5.91 Å². The fourth-order valence-corrected chi connectivity index (χ4v) is 2.66. The van der Waals surface area contributed by atoms with Crippen LogP contribution in [0.4, 0.5) is 0 Å². The van der Waals surface area contributed by atoms with Crippen molar-refractivity contribution in [1.29, 1.82) is 0 Å². The number of fused-ring (bicyclic) bond motifs is 1. The maximum absolute atomic E-state index is 11.9. The molecule has 100 valence electrons. The number of hydrogen-bond acceptors (Lipinski definition) is 5. The lowest BCUT2D eigenvalue weighted by molar-refractivity contribution is 0.0945. The van der Waals surface area contributed by atoms with Crippen molar-refractivity contribution in [3.05, 3.63) is 53.1 Å². The summed E-state index contributed by atoms with van der Waals surface area (Å²) in [6.07, 6.45) is 3.05. The Balaban J connectivity index is 1.69. The van der Waals surface area contributed by atoms with Gasteiger partial charge in [0.25, 0.3) is 5.91 Å². The summed E-state index contributed by atoms with van der Waals surface area (Å²) in [6, 6.07) is 7.91. The molecule has 5 nitrogen and oxygen atoms in total. The minimum atomic E-state index is -0.239. The Morgan fingerprint density at radius 2 is 2.10 bits per heavy atom. The molecule has 1 aromatic carbocycles. The highest BCUT2D eigenvalue weighted by molar-refractivity contribution is 7.18. The SMILES string of the molecule is Cc1cnc(C(=O)NCc2nc3ccccc3s2)cn1. The third kappa shape index (κ3) is 2.65. The van der Waals surface area contributed by atoms with E-state index in [1.54, 1.807) is 17.5 Å². The van der Waals surface area contributed by atoms with Crippen molar-refractivity contribution < 1.29 is 4.79 Å². The molecule has 0 radical (unpaired) electrons. The maximum atomic E-state index is 11.9. The molecular weight excluding hydrogens is 272 g/mol. The van der Waals surface area contributed by atoms with Crippen molar-refractivity contribution in [3.63, 3.8) is 0 Å². The summed E-state index contributed by atoms with van der Waals surface area (Å²) in [7, 11) is 0. The van der Waals surface area contributed by atoms with Gasteiger partial charge in [0.05, 0.1) is 28.7 Å². The second-order valence-electron chi connectivity index (χ2n) is 4.30. The van der Waals surface area contributed by atoms with E-state index in [4.69, 9.17) is 0 Å². The zero-order chi connectivity index (χ0) is 13.9. The molecular formula is C14H12N4OS. The molecule has 0 saturated carbocycles. The smallest absolute Gasteiger partial charge is 0.271 e. The number of para-hydroxylation sites is 1. The van der Waals surface area contributed by atoms with E-state index in [1.165, 1.54) is 6.20 Å². The minimum Gasteiger partial charge on any atom is -0.344 e. The van der Waals surface area contributed by atoms with E-state index in [0.717, 1.165) is 20.9 Å². The van der Waals surface area contributed by atoms with Crippen molar-refractivity contribution in [2.45, 2.75) is 13.5 Å². The van der Waals surface area contributed by atoms with Gasteiger partial charge in [0.2, 0.25) is 0 Å². The van der Waals surface area contributed by atoms with Crippen molar-refractivity contribution in [2.75, 3.05) is 0 Å². The van der Waals surface area contributed by atoms with E-state index in [9.17, 15) is 4.79 Å². The van der Waals surface area contributed by atoms with Crippen LogP contribution in [0.1, 0.15) is 21.2 Å². The van der Waals surface area contributed by atoms with Crippen molar-refractivity contribution in [2.24, 2.45) is 0 Å². The second-order valence-corrected chi connectivity index (χ2v) is 5.42. The standard InChI is InChI=1S/C14H12N4OS/c1-9-6-16-11(7-15-9)14(19)17-8-13-18-10-4-2-3-5-12(10)20-13/h2-7H,8H2,1H3,(H,17,19). The Morgan fingerprint density at radius 1 is 1.25 bits per heavy atom. The summed E-state index contributed by atoms with van der Waals surface area (Å²) >= 11 is 1.58. The highest BCUT2D eigenvalue weighted by Crippen LogP contribution is 2.21. The van der Waals surface area contributed by atoms with Crippen LogP contribution in [0.5, 0.6) is 0 Å². The zero-order valence-electron chi connectivity index (χ0n) is 10.8. The zero-order valence-corrected chi connectivity index (χ0v) is 11.6. The molecule has 0 spiro atoms. The van der Waals surface area contributed by atoms with Gasteiger partial charge >= 0.3 is 0 Å². The number of benzene rings is 1. The van der Waals surface area contributed by atoms with Gasteiger partial charge in [0, 0.05) is 6.20 Å². The third-order valence-electron chi connectivity index (χ3n) is 2.75. The van der Waals surface area contributed by atoms with E-state index < -0.39 is 0 Å². The van der Waals surface area contributed by atoms with Crippen LogP contribution in [0.2, 0.25) is 0 Å². The van der Waals surface area contributed by atoms with Crippen LogP contribution in [0.3, 0.4) is 0 Å². The van der Waals surface area contributed by atoms with E-state index in [0.29, 0.717) is 12.2 Å². The second kappa shape index (κ2) is 5.34. The predicted octanol–water partition coefficient (Wildman–Crippen LogP) is 2.32. The number of aromatic nitrogens is 3. The number of nitrogens with one attached hydrogen (secondary N) is 1. The van der Waals surface area contributed by atoms with Crippen LogP contribution < -0.4 is 5.32 Å². The van der Waals surface area contributed by atoms with Gasteiger partial charge in [-0.15, -0.1) is 11.3 Å². The molecule has 0 atom stereocenters. The number of nitrogens with zero attached hydrogens (tertiary/aromatic N) is 3. The van der Waals surface area contributed by atoms with Crippen molar-refractivity contribution in [3.8, 4) is 0 Å². The lowest BCUT2D eigenvalue weighted by Gasteiger charge is -2.01. The average Bonchev–Trinajstić information content (AvgIpc) is 2.88. The summed E-state index contributed by atoms with van der Waals surface area (Å²) < 4.78 is 1.12. The number of carbonyl (C=O) groups is 1. The number of carbonyl (C=O) groups excluding carboxylic acids is 1. The lowest BCUT2D eigenvalue weighted by atomic mass is 10.3. The molecule has 1 amide bonds. The molecule has 0 aliphatic rings. The molecule has 3 aromatic rings. The topological polar surface area (TPSA) is 67.8 Å². The molecule has 0 aliphatic carbocycles. The van der Waals surface area contributed by atoms with Crippen LogP contribution in [-0.2, 0) is 6.54 Å². The van der Waals surface area contributed by atoms with E-state index in [1.807, 2.05) is 31.2 Å². The fourth-order valence-electron chi connectivity index (χ4n) is 1.75. The Labute approximate surface area is 119 Å². The van der Waals surface area contributed by atoms with Gasteiger partial charge in [-0.25, -0.2) is 9.97 Å². The van der Waals surface area contributed by atoms with E-state index in [2.05, 4.69) is 20.3 Å². The van der Waals surface area contributed by atoms with Crippen LogP contribution in [-0.4, -0.2) is 20.9 Å². The highest BCUT2D eigenvalue weighted by Gasteiger charge is 2.09. The highest BCUT2D eigenvalue weighted by atomic mass is 32.1. The first kappa shape index (κ1) is 12.7.